The number of aliphatic carboxylic acids is 1. The average Bonchev–Trinajstić information content (AvgIpc) is 2.29. The summed E-state index contributed by atoms with van der Waals surface area (Å²) in [6.45, 7) is 1.96. The minimum atomic E-state index is -1.06. The largest absolute Gasteiger partial charge is 0.481 e. The first kappa shape index (κ1) is 13.7. The fourth-order valence-electron chi connectivity index (χ4n) is 1.59. The molecule has 0 spiro atoms. The van der Waals surface area contributed by atoms with Crippen LogP contribution < -0.4 is 0 Å². The quantitative estimate of drug-likeness (QED) is 0.625. The van der Waals surface area contributed by atoms with Crippen LogP contribution in [0.5, 0.6) is 0 Å². The van der Waals surface area contributed by atoms with Crippen molar-refractivity contribution in [2.75, 3.05) is 0 Å². The van der Waals surface area contributed by atoms with Crippen LogP contribution in [0.1, 0.15) is 36.5 Å². The van der Waals surface area contributed by atoms with Crippen LogP contribution in [-0.4, -0.2) is 16.9 Å². The molecule has 0 aromatic heterocycles. The van der Waals surface area contributed by atoms with E-state index in [0.29, 0.717) is 17.0 Å². The summed E-state index contributed by atoms with van der Waals surface area (Å²) in [7, 11) is 0. The maximum atomic E-state index is 12.0. The first-order valence-electron chi connectivity index (χ1n) is 5.58. The van der Waals surface area contributed by atoms with Crippen LogP contribution in [0.15, 0.2) is 24.3 Å². The van der Waals surface area contributed by atoms with Crippen LogP contribution in [0.4, 0.5) is 0 Å². The fourth-order valence-corrected chi connectivity index (χ4v) is 1.72. The minimum absolute atomic E-state index is 0.345. The zero-order chi connectivity index (χ0) is 12.8. The molecule has 1 N–H and O–H groups in total. The number of halogens is 1. The number of unbranched alkanes of at least 4 members (excludes halogenated alkanes) is 1. The van der Waals surface area contributed by atoms with Gasteiger partial charge < -0.3 is 5.11 Å². The van der Waals surface area contributed by atoms with E-state index in [2.05, 4.69) is 0 Å². The molecule has 3 nitrogen and oxygen atoms in total. The maximum absolute atomic E-state index is 12.0. The van der Waals surface area contributed by atoms with Gasteiger partial charge in [-0.25, -0.2) is 0 Å². The average molecular weight is 255 g/mol. The first-order chi connectivity index (χ1) is 8.06. The zero-order valence-electron chi connectivity index (χ0n) is 9.65. The molecule has 0 aliphatic carbocycles. The van der Waals surface area contributed by atoms with Gasteiger partial charge in [-0.05, 0) is 30.7 Å². The van der Waals surface area contributed by atoms with E-state index in [9.17, 15) is 9.59 Å². The predicted molar refractivity (Wildman–Crippen MR) is 66.4 cm³/mol. The minimum Gasteiger partial charge on any atom is -0.481 e. The van der Waals surface area contributed by atoms with Crippen LogP contribution in [-0.2, 0) is 4.79 Å². The third-order valence-corrected chi connectivity index (χ3v) is 2.84. The lowest BCUT2D eigenvalue weighted by molar-refractivity contribution is -0.140. The summed E-state index contributed by atoms with van der Waals surface area (Å²) in [5.41, 5.74) is 0.401. The Kier molecular flexibility index (Phi) is 5.16. The van der Waals surface area contributed by atoms with Crippen LogP contribution in [0.3, 0.4) is 0 Å². The van der Waals surface area contributed by atoms with Gasteiger partial charge in [-0.15, -0.1) is 0 Å². The van der Waals surface area contributed by atoms with E-state index in [1.807, 2.05) is 6.92 Å². The Morgan fingerprint density at radius 3 is 2.35 bits per heavy atom. The Balaban J connectivity index is 2.84. The number of carbonyl (C=O) groups excluding carboxylic acids is 1. The normalized spacial score (nSPS) is 12.1. The Labute approximate surface area is 105 Å². The highest BCUT2D eigenvalue weighted by atomic mass is 35.5. The number of carbonyl (C=O) groups is 2. The molecule has 1 aromatic rings. The first-order valence-corrected chi connectivity index (χ1v) is 5.96. The molecule has 0 aliphatic heterocycles. The number of rotatable bonds is 6. The molecule has 0 fully saturated rings. The second kappa shape index (κ2) is 6.40. The number of ketones is 1. The molecule has 0 saturated heterocycles. The van der Waals surface area contributed by atoms with Gasteiger partial charge in [-0.2, -0.15) is 0 Å². The molecule has 1 unspecified atom stereocenters. The third-order valence-electron chi connectivity index (χ3n) is 2.59. The maximum Gasteiger partial charge on any atom is 0.314 e. The van der Waals surface area contributed by atoms with Crippen molar-refractivity contribution < 1.29 is 14.7 Å². The lowest BCUT2D eigenvalue weighted by Gasteiger charge is -2.10. The predicted octanol–water partition coefficient (Wildman–Crippen LogP) is 3.41. The molecular formula is C13H15ClO3. The molecule has 0 bridgehead atoms. The summed E-state index contributed by atoms with van der Waals surface area (Å²) in [6.07, 6.45) is 1.99. The third kappa shape index (κ3) is 3.86. The second-order valence-electron chi connectivity index (χ2n) is 3.90. The summed E-state index contributed by atoms with van der Waals surface area (Å²) in [6, 6.07) is 6.31. The van der Waals surface area contributed by atoms with Crippen molar-refractivity contribution in [3.63, 3.8) is 0 Å². The highest BCUT2D eigenvalue weighted by Gasteiger charge is 2.26. The van der Waals surface area contributed by atoms with Gasteiger partial charge in [-0.1, -0.05) is 31.4 Å². The van der Waals surface area contributed by atoms with E-state index >= 15 is 0 Å². The van der Waals surface area contributed by atoms with Crippen LogP contribution in [0, 0.1) is 5.92 Å². The molecule has 4 heteroatoms. The van der Waals surface area contributed by atoms with Crippen LogP contribution in [0.25, 0.3) is 0 Å². The lowest BCUT2D eigenvalue weighted by atomic mass is 9.93. The molecular weight excluding hydrogens is 240 g/mol. The standard InChI is InChI=1S/C13H15ClO3/c1-2-3-4-11(13(16)17)12(15)9-5-7-10(14)8-6-9/h5-8,11H,2-4H2,1H3,(H,16,17). The molecule has 92 valence electrons. The van der Waals surface area contributed by atoms with Gasteiger partial charge in [0.15, 0.2) is 5.78 Å². The summed E-state index contributed by atoms with van der Waals surface area (Å²) in [5.74, 6) is -2.35. The monoisotopic (exact) mass is 254 g/mol. The van der Waals surface area contributed by atoms with Crippen molar-refractivity contribution >= 4 is 23.4 Å². The van der Waals surface area contributed by atoms with Crippen molar-refractivity contribution in [2.24, 2.45) is 5.92 Å². The fraction of sp³-hybridized carbons (Fsp3) is 0.385. The van der Waals surface area contributed by atoms with Crippen molar-refractivity contribution in [3.05, 3.63) is 34.9 Å². The van der Waals surface area contributed by atoms with Crippen molar-refractivity contribution in [2.45, 2.75) is 26.2 Å². The van der Waals surface area contributed by atoms with Crippen molar-refractivity contribution in [1.82, 2.24) is 0 Å². The van der Waals surface area contributed by atoms with Gasteiger partial charge in [0.05, 0.1) is 0 Å². The van der Waals surface area contributed by atoms with E-state index < -0.39 is 11.9 Å². The summed E-state index contributed by atoms with van der Waals surface area (Å²) in [4.78, 5) is 23.0. The Morgan fingerprint density at radius 1 is 1.29 bits per heavy atom. The number of carboxylic acid groups (broad SMARTS) is 1. The number of hydrogen-bond acceptors (Lipinski definition) is 2. The van der Waals surface area contributed by atoms with Crippen LogP contribution >= 0.6 is 11.6 Å². The van der Waals surface area contributed by atoms with Crippen molar-refractivity contribution in [3.8, 4) is 0 Å². The second-order valence-corrected chi connectivity index (χ2v) is 4.34. The molecule has 0 radical (unpaired) electrons. The molecule has 0 heterocycles. The summed E-state index contributed by atoms with van der Waals surface area (Å²) in [5, 5.41) is 9.57. The van der Waals surface area contributed by atoms with E-state index in [1.54, 1.807) is 24.3 Å². The van der Waals surface area contributed by atoms with Crippen LogP contribution in [0.2, 0.25) is 5.02 Å². The highest BCUT2D eigenvalue weighted by Crippen LogP contribution is 2.18. The highest BCUT2D eigenvalue weighted by molar-refractivity contribution is 6.30. The Morgan fingerprint density at radius 2 is 1.88 bits per heavy atom. The number of hydrogen-bond donors (Lipinski definition) is 1. The lowest BCUT2D eigenvalue weighted by Crippen LogP contribution is -2.23. The van der Waals surface area contributed by atoms with E-state index in [1.165, 1.54) is 0 Å². The molecule has 17 heavy (non-hydrogen) atoms. The molecule has 1 atom stereocenters. The Hall–Kier alpha value is -1.35. The van der Waals surface area contributed by atoms with Gasteiger partial charge in [0.25, 0.3) is 0 Å². The number of Topliss-reactive ketones (excluding diaryl/α,β-unsaturated/α-hetero) is 1. The van der Waals surface area contributed by atoms with Gasteiger partial charge in [-0.3, -0.25) is 9.59 Å². The smallest absolute Gasteiger partial charge is 0.314 e. The van der Waals surface area contributed by atoms with Gasteiger partial charge in [0.1, 0.15) is 5.92 Å². The van der Waals surface area contributed by atoms with E-state index in [4.69, 9.17) is 16.7 Å². The van der Waals surface area contributed by atoms with E-state index in [-0.39, 0.29) is 5.78 Å². The van der Waals surface area contributed by atoms with Gasteiger partial charge in [0, 0.05) is 10.6 Å². The Bertz CT molecular complexity index is 398. The topological polar surface area (TPSA) is 54.4 Å². The van der Waals surface area contributed by atoms with Gasteiger partial charge >= 0.3 is 5.97 Å². The van der Waals surface area contributed by atoms with Crippen molar-refractivity contribution in [1.29, 1.82) is 0 Å². The number of benzene rings is 1. The SMILES string of the molecule is CCCCC(C(=O)O)C(=O)c1ccc(Cl)cc1. The molecule has 1 aromatic carbocycles. The molecule has 0 amide bonds. The summed E-state index contributed by atoms with van der Waals surface area (Å²) >= 11 is 5.71. The zero-order valence-corrected chi connectivity index (χ0v) is 10.4. The number of carboxylic acids is 1. The molecule has 0 aliphatic rings. The van der Waals surface area contributed by atoms with Gasteiger partial charge in [0.2, 0.25) is 0 Å². The molecule has 1 rings (SSSR count). The van der Waals surface area contributed by atoms with E-state index in [0.717, 1.165) is 12.8 Å². The summed E-state index contributed by atoms with van der Waals surface area (Å²) < 4.78 is 0. The molecule has 0 saturated carbocycles.